The van der Waals surface area contributed by atoms with Gasteiger partial charge in [-0.1, -0.05) is 6.58 Å². The molecule has 0 saturated heterocycles. The van der Waals surface area contributed by atoms with E-state index in [2.05, 4.69) is 6.58 Å². The smallest absolute Gasteiger partial charge is 0.339 e. The van der Waals surface area contributed by atoms with Crippen molar-refractivity contribution >= 4 is 11.9 Å². The van der Waals surface area contributed by atoms with Crippen LogP contribution in [0.3, 0.4) is 0 Å². The van der Waals surface area contributed by atoms with Crippen LogP contribution < -0.4 is 10.4 Å². The highest BCUT2D eigenvalue weighted by Gasteiger charge is 2.16. The number of ether oxygens (including phenoxy) is 2. The quantitative estimate of drug-likeness (QED) is 0.603. The first-order valence-electron chi connectivity index (χ1n) is 5.97. The fourth-order valence-corrected chi connectivity index (χ4v) is 1.37. The second-order valence-electron chi connectivity index (χ2n) is 4.40. The van der Waals surface area contributed by atoms with Crippen LogP contribution in [0.2, 0.25) is 0 Å². The van der Waals surface area contributed by atoms with Gasteiger partial charge < -0.3 is 13.9 Å². The van der Waals surface area contributed by atoms with Crippen molar-refractivity contribution in [2.45, 2.75) is 33.3 Å². The fourth-order valence-electron chi connectivity index (χ4n) is 1.37. The monoisotopic (exact) mass is 280 g/mol. The van der Waals surface area contributed by atoms with Gasteiger partial charge >= 0.3 is 17.6 Å². The Balaban J connectivity index is 2.57. The molecule has 0 fully saturated rings. The van der Waals surface area contributed by atoms with Crippen LogP contribution in [0.1, 0.15) is 26.0 Å². The second kappa shape index (κ2) is 6.70. The molecule has 1 unspecified atom stereocenters. The van der Waals surface area contributed by atoms with Gasteiger partial charge in [0.15, 0.2) is 0 Å². The van der Waals surface area contributed by atoms with Gasteiger partial charge in [-0.05, 0) is 20.8 Å². The number of esters is 2. The number of hydrogen-bond acceptors (Lipinski definition) is 6. The van der Waals surface area contributed by atoms with Crippen LogP contribution in [0.15, 0.2) is 33.5 Å². The molecule has 20 heavy (non-hydrogen) atoms. The molecule has 0 aliphatic carbocycles. The van der Waals surface area contributed by atoms with Crippen LogP contribution in [0.5, 0.6) is 5.75 Å². The van der Waals surface area contributed by atoms with Gasteiger partial charge in [-0.2, -0.15) is 0 Å². The lowest BCUT2D eigenvalue weighted by molar-refractivity contribution is -0.147. The van der Waals surface area contributed by atoms with Crippen molar-refractivity contribution in [3.05, 3.63) is 40.5 Å². The minimum absolute atomic E-state index is 0.0992. The molecule has 6 heteroatoms. The normalized spacial score (nSPS) is 11.6. The standard InChI is InChI=1S/C14H16O6/c1-8(2)14(17)19-10(4)6-12(15)20-11-5-9(3)18-13(16)7-11/h5,7,10H,1,6H2,2-4H3. The summed E-state index contributed by atoms with van der Waals surface area (Å²) in [5.41, 5.74) is -0.351. The molecule has 1 aromatic rings. The number of aryl methyl sites for hydroxylation is 1. The highest BCUT2D eigenvalue weighted by atomic mass is 16.6. The van der Waals surface area contributed by atoms with Crippen LogP contribution in [0.4, 0.5) is 0 Å². The maximum absolute atomic E-state index is 11.6. The molecule has 0 radical (unpaired) electrons. The lowest BCUT2D eigenvalue weighted by atomic mass is 10.3. The third-order valence-corrected chi connectivity index (χ3v) is 2.21. The molecule has 0 amide bonds. The van der Waals surface area contributed by atoms with E-state index in [0.29, 0.717) is 5.76 Å². The average Bonchev–Trinajstić information content (AvgIpc) is 2.26. The predicted molar refractivity (Wildman–Crippen MR) is 70.3 cm³/mol. The van der Waals surface area contributed by atoms with E-state index >= 15 is 0 Å². The molecule has 1 aromatic heterocycles. The molecule has 1 heterocycles. The van der Waals surface area contributed by atoms with Gasteiger partial charge in [0.2, 0.25) is 0 Å². The van der Waals surface area contributed by atoms with Crippen LogP contribution in [-0.2, 0) is 14.3 Å². The van der Waals surface area contributed by atoms with E-state index in [-0.39, 0.29) is 17.7 Å². The van der Waals surface area contributed by atoms with Gasteiger partial charge in [0.05, 0.1) is 12.5 Å². The van der Waals surface area contributed by atoms with Gasteiger partial charge in [0, 0.05) is 11.6 Å². The predicted octanol–water partition coefficient (Wildman–Crippen LogP) is 1.75. The fraction of sp³-hybridized carbons (Fsp3) is 0.357. The minimum Gasteiger partial charge on any atom is -0.459 e. The van der Waals surface area contributed by atoms with Crippen molar-refractivity contribution in [2.24, 2.45) is 0 Å². The van der Waals surface area contributed by atoms with E-state index in [1.165, 1.54) is 13.0 Å². The van der Waals surface area contributed by atoms with Gasteiger partial charge in [0.1, 0.15) is 17.6 Å². The molecule has 1 rings (SSSR count). The summed E-state index contributed by atoms with van der Waals surface area (Å²) in [7, 11) is 0. The summed E-state index contributed by atoms with van der Waals surface area (Å²) in [6.45, 7) is 8.08. The van der Waals surface area contributed by atoms with Crippen molar-refractivity contribution < 1.29 is 23.5 Å². The number of rotatable bonds is 5. The lowest BCUT2D eigenvalue weighted by Gasteiger charge is -2.12. The molecule has 0 N–H and O–H groups in total. The van der Waals surface area contributed by atoms with Gasteiger partial charge in [-0.3, -0.25) is 4.79 Å². The van der Waals surface area contributed by atoms with E-state index in [1.807, 2.05) is 0 Å². The number of carbonyl (C=O) groups excluding carboxylic acids is 2. The van der Waals surface area contributed by atoms with Crippen LogP contribution in [0, 0.1) is 6.92 Å². The molecule has 6 nitrogen and oxygen atoms in total. The van der Waals surface area contributed by atoms with Gasteiger partial charge in [-0.25, -0.2) is 9.59 Å². The highest BCUT2D eigenvalue weighted by Crippen LogP contribution is 2.11. The second-order valence-corrected chi connectivity index (χ2v) is 4.40. The summed E-state index contributed by atoms with van der Waals surface area (Å²) < 4.78 is 14.7. The first kappa shape index (κ1) is 15.7. The average molecular weight is 280 g/mol. The van der Waals surface area contributed by atoms with Crippen molar-refractivity contribution in [3.63, 3.8) is 0 Å². The molecule has 0 spiro atoms. The molecule has 0 bridgehead atoms. The first-order valence-corrected chi connectivity index (χ1v) is 5.97. The summed E-state index contributed by atoms with van der Waals surface area (Å²) in [5.74, 6) is -0.747. The maximum atomic E-state index is 11.6. The topological polar surface area (TPSA) is 82.8 Å². The van der Waals surface area contributed by atoms with Crippen LogP contribution in [-0.4, -0.2) is 18.0 Å². The van der Waals surface area contributed by atoms with Crippen molar-refractivity contribution in [1.29, 1.82) is 0 Å². The van der Waals surface area contributed by atoms with Crippen LogP contribution in [0.25, 0.3) is 0 Å². The highest BCUT2D eigenvalue weighted by molar-refractivity contribution is 5.87. The van der Waals surface area contributed by atoms with E-state index in [0.717, 1.165) is 6.07 Å². The Morgan fingerprint density at radius 2 is 2.05 bits per heavy atom. The minimum atomic E-state index is -0.645. The van der Waals surface area contributed by atoms with E-state index in [9.17, 15) is 14.4 Å². The maximum Gasteiger partial charge on any atom is 0.339 e. The van der Waals surface area contributed by atoms with Crippen molar-refractivity contribution in [3.8, 4) is 5.75 Å². The molecular formula is C14H16O6. The van der Waals surface area contributed by atoms with E-state index in [1.54, 1.807) is 13.8 Å². The Morgan fingerprint density at radius 3 is 2.60 bits per heavy atom. The van der Waals surface area contributed by atoms with Crippen molar-refractivity contribution in [2.75, 3.05) is 0 Å². The Bertz CT molecular complexity index is 584. The molecule has 0 aromatic carbocycles. The van der Waals surface area contributed by atoms with E-state index in [4.69, 9.17) is 13.9 Å². The van der Waals surface area contributed by atoms with Crippen LogP contribution >= 0.6 is 0 Å². The SMILES string of the molecule is C=C(C)C(=O)OC(C)CC(=O)Oc1cc(C)oc(=O)c1. The lowest BCUT2D eigenvalue weighted by Crippen LogP contribution is -2.21. The zero-order chi connectivity index (χ0) is 15.3. The largest absolute Gasteiger partial charge is 0.459 e. The zero-order valence-electron chi connectivity index (χ0n) is 11.6. The molecular weight excluding hydrogens is 264 g/mol. The molecule has 108 valence electrons. The molecule has 0 saturated carbocycles. The van der Waals surface area contributed by atoms with Gasteiger partial charge in [0.25, 0.3) is 0 Å². The van der Waals surface area contributed by atoms with Gasteiger partial charge in [-0.15, -0.1) is 0 Å². The summed E-state index contributed by atoms with van der Waals surface area (Å²) >= 11 is 0. The summed E-state index contributed by atoms with van der Waals surface area (Å²) in [5, 5.41) is 0. The number of carbonyl (C=O) groups is 2. The Morgan fingerprint density at radius 1 is 1.40 bits per heavy atom. The summed E-state index contributed by atoms with van der Waals surface area (Å²) in [6, 6.07) is 2.49. The Kier molecular flexibility index (Phi) is 5.25. The third kappa shape index (κ3) is 5.09. The zero-order valence-corrected chi connectivity index (χ0v) is 11.6. The molecule has 0 aliphatic rings. The van der Waals surface area contributed by atoms with E-state index < -0.39 is 23.7 Å². The summed E-state index contributed by atoms with van der Waals surface area (Å²) in [6.07, 6.45) is -0.772. The number of hydrogen-bond donors (Lipinski definition) is 0. The molecule has 0 aliphatic heterocycles. The third-order valence-electron chi connectivity index (χ3n) is 2.21. The van der Waals surface area contributed by atoms with Crippen molar-refractivity contribution in [1.82, 2.24) is 0 Å². The molecule has 1 atom stereocenters. The Labute approximate surface area is 116 Å². The Hall–Kier alpha value is -2.37. The first-order chi connectivity index (χ1) is 9.27. The summed E-state index contributed by atoms with van der Waals surface area (Å²) in [4.78, 5) is 34.0.